The van der Waals surface area contributed by atoms with Crippen molar-refractivity contribution in [2.24, 2.45) is 11.8 Å². The van der Waals surface area contributed by atoms with Gasteiger partial charge in [-0.05, 0) is 52.4 Å². The number of methoxy groups -OCH3 is 3. The summed E-state index contributed by atoms with van der Waals surface area (Å²) in [6.45, 7) is 0.316. The minimum absolute atomic E-state index is 0.0533. The number of aliphatic hydroxyl groups is 2. The van der Waals surface area contributed by atoms with E-state index in [1.165, 1.54) is 18.4 Å². The second-order valence-corrected chi connectivity index (χ2v) is 13.0. The van der Waals surface area contributed by atoms with Gasteiger partial charge in [0.2, 0.25) is 12.5 Å². The lowest BCUT2D eigenvalue weighted by Crippen LogP contribution is -2.63. The van der Waals surface area contributed by atoms with Gasteiger partial charge in [-0.1, -0.05) is 6.07 Å². The number of benzene rings is 2. The molecule has 4 aliphatic heterocycles. The van der Waals surface area contributed by atoms with Crippen molar-refractivity contribution in [3.05, 3.63) is 63.3 Å². The van der Waals surface area contributed by atoms with Crippen molar-refractivity contribution < 1.29 is 57.6 Å². The topological polar surface area (TPSA) is 141 Å². The maximum atomic E-state index is 13.7. The summed E-state index contributed by atoms with van der Waals surface area (Å²) < 4.78 is 52.9. The molecule has 3 saturated heterocycles. The molecular weight excluding hydrogens is 620 g/mol. The van der Waals surface area contributed by atoms with Crippen LogP contribution in [0.2, 0.25) is 0 Å². The Bertz CT molecular complexity index is 1600. The summed E-state index contributed by atoms with van der Waals surface area (Å²) in [5, 5.41) is 25.1. The van der Waals surface area contributed by atoms with Gasteiger partial charge in [0.05, 0.1) is 51.4 Å². The zero-order chi connectivity index (χ0) is 31.7. The Hall–Kier alpha value is -3.59. The molecule has 1 aliphatic carbocycles. The van der Waals surface area contributed by atoms with E-state index in [2.05, 4.69) is 0 Å². The average Bonchev–Trinajstić information content (AvgIpc) is 3.86. The maximum Gasteiger partial charge on any atom is 0.310 e. The van der Waals surface area contributed by atoms with Crippen LogP contribution in [0.4, 0.5) is 0 Å². The zero-order valence-corrected chi connectivity index (χ0v) is 26.1. The first-order valence-corrected chi connectivity index (χ1v) is 16.0. The average molecular weight is 655 g/mol. The van der Waals surface area contributed by atoms with Gasteiger partial charge < -0.3 is 52.8 Å². The quantitative estimate of drug-likeness (QED) is 0.378. The molecule has 3 fully saturated rings. The van der Waals surface area contributed by atoms with E-state index in [1.807, 2.05) is 41.8 Å². The smallest absolute Gasteiger partial charge is 0.310 e. The summed E-state index contributed by atoms with van der Waals surface area (Å²) in [5.74, 6) is -0.0961. The first-order chi connectivity index (χ1) is 22.4. The Labute approximate surface area is 268 Å². The van der Waals surface area contributed by atoms with Gasteiger partial charge in [0, 0.05) is 17.8 Å². The van der Waals surface area contributed by atoms with Crippen molar-refractivity contribution in [3.8, 4) is 28.7 Å². The molecule has 0 spiro atoms. The van der Waals surface area contributed by atoms with Crippen LogP contribution in [0, 0.1) is 11.8 Å². The Balaban J connectivity index is 1.22. The Morgan fingerprint density at radius 1 is 0.826 bits per heavy atom. The molecule has 12 nitrogen and oxygen atoms in total. The molecule has 0 amide bonds. The minimum atomic E-state index is -1.33. The fourth-order valence-corrected chi connectivity index (χ4v) is 8.52. The molecule has 8 rings (SSSR count). The predicted molar refractivity (Wildman–Crippen MR) is 160 cm³/mol. The van der Waals surface area contributed by atoms with Gasteiger partial charge in [-0.15, -0.1) is 11.3 Å². The van der Waals surface area contributed by atoms with Gasteiger partial charge in [0.1, 0.15) is 24.4 Å². The molecule has 13 heteroatoms. The van der Waals surface area contributed by atoms with Crippen LogP contribution in [-0.2, 0) is 23.7 Å². The van der Waals surface area contributed by atoms with Gasteiger partial charge in [-0.2, -0.15) is 0 Å². The summed E-state index contributed by atoms with van der Waals surface area (Å²) in [6, 6.07) is 11.2. The van der Waals surface area contributed by atoms with E-state index in [4.69, 9.17) is 42.6 Å². The highest BCUT2D eigenvalue weighted by Gasteiger charge is 2.59. The summed E-state index contributed by atoms with van der Waals surface area (Å²) in [6.07, 6.45) is -5.64. The van der Waals surface area contributed by atoms with Crippen LogP contribution in [0.15, 0.2) is 41.8 Å². The van der Waals surface area contributed by atoms with Crippen LogP contribution in [0.1, 0.15) is 39.7 Å². The zero-order valence-electron chi connectivity index (χ0n) is 25.3. The minimum Gasteiger partial charge on any atom is -0.493 e. The molecule has 3 aromatic rings. The fraction of sp³-hybridized carbons (Fsp3) is 0.485. The third kappa shape index (κ3) is 4.55. The second kappa shape index (κ2) is 11.6. The first-order valence-electron chi connectivity index (χ1n) is 15.1. The van der Waals surface area contributed by atoms with Crippen molar-refractivity contribution in [2.45, 2.75) is 48.6 Å². The van der Waals surface area contributed by atoms with Gasteiger partial charge in [0.25, 0.3) is 0 Å². The van der Waals surface area contributed by atoms with E-state index >= 15 is 0 Å². The van der Waals surface area contributed by atoms with Crippen LogP contribution in [0.3, 0.4) is 0 Å². The normalized spacial score (nSPS) is 34.2. The molecule has 5 aliphatic rings. The number of thiophene rings is 1. The van der Waals surface area contributed by atoms with Crippen molar-refractivity contribution in [1.82, 2.24) is 0 Å². The first kappa shape index (κ1) is 29.8. The largest absolute Gasteiger partial charge is 0.493 e. The van der Waals surface area contributed by atoms with Crippen molar-refractivity contribution in [1.29, 1.82) is 0 Å². The molecule has 2 N–H and O–H groups in total. The van der Waals surface area contributed by atoms with E-state index in [1.54, 1.807) is 14.2 Å². The predicted octanol–water partition coefficient (Wildman–Crippen LogP) is 3.12. The molecule has 244 valence electrons. The van der Waals surface area contributed by atoms with Crippen molar-refractivity contribution in [3.63, 3.8) is 0 Å². The van der Waals surface area contributed by atoms with Crippen molar-refractivity contribution in [2.75, 3.05) is 41.3 Å². The number of carbonyl (C=O) groups excluding carboxylic acids is 1. The third-order valence-corrected chi connectivity index (χ3v) is 10.7. The number of ether oxygens (including phenoxy) is 9. The maximum absolute atomic E-state index is 13.7. The molecular formula is C33H34O12S. The standard InChI is InChI=1S/C33H34O12S/c1-37-20-7-14(8-21(38-2)29(20)39-3)24-15-9-18-19(43-13-42-18)10-16(15)25(17-11-40-32(36)26(17)24)31-28(35)27(34)30-22(44-31)12-41-33(45-30)23-5-4-6-46-23/h4-10,17,22,24-28,30-31,33-35H,11-13H2,1-3H3/t17-,22-,24-,25+,26+,27-,28-,30-,31+,33?/m1/s1. The number of cyclic esters (lactones) is 1. The van der Waals surface area contributed by atoms with Crippen LogP contribution < -0.4 is 23.7 Å². The van der Waals surface area contributed by atoms with Crippen LogP contribution in [0.5, 0.6) is 28.7 Å². The van der Waals surface area contributed by atoms with E-state index in [9.17, 15) is 15.0 Å². The molecule has 10 atom stereocenters. The number of carbonyl (C=O) groups is 1. The number of rotatable bonds is 6. The molecule has 0 bridgehead atoms. The Morgan fingerprint density at radius 3 is 2.22 bits per heavy atom. The number of hydrogen-bond acceptors (Lipinski definition) is 13. The van der Waals surface area contributed by atoms with E-state index in [0.717, 1.165) is 21.6 Å². The van der Waals surface area contributed by atoms with Gasteiger partial charge in [0.15, 0.2) is 29.3 Å². The number of aliphatic hydroxyl groups excluding tert-OH is 2. The SMILES string of the molecule is COc1cc([C@@H]2c3cc4c(cc3[C@H]([C@@H]3O[C@@H]5COC(c6cccs6)O[C@H]5[C@H](O)[C@H]3O)[C@H]3COC(=O)[C@H]23)OCO4)cc(OC)c1OC. The second-order valence-electron chi connectivity index (χ2n) is 12.0. The summed E-state index contributed by atoms with van der Waals surface area (Å²) in [7, 11) is 4.61. The van der Waals surface area contributed by atoms with Gasteiger partial charge in [-0.25, -0.2) is 0 Å². The molecule has 1 unspecified atom stereocenters. The summed E-state index contributed by atoms with van der Waals surface area (Å²) >= 11 is 1.49. The molecule has 5 heterocycles. The van der Waals surface area contributed by atoms with E-state index < -0.39 is 60.5 Å². The highest BCUT2D eigenvalue weighted by atomic mass is 32.1. The monoisotopic (exact) mass is 654 g/mol. The number of esters is 1. The lowest BCUT2D eigenvalue weighted by molar-refractivity contribution is -0.331. The molecule has 46 heavy (non-hydrogen) atoms. The lowest BCUT2D eigenvalue weighted by Gasteiger charge is -2.51. The van der Waals surface area contributed by atoms with Crippen LogP contribution in [0.25, 0.3) is 0 Å². The number of fused-ring (bicyclic) bond motifs is 4. The number of hydrogen-bond donors (Lipinski definition) is 2. The molecule has 2 aromatic carbocycles. The third-order valence-electron chi connectivity index (χ3n) is 9.83. The van der Waals surface area contributed by atoms with E-state index in [-0.39, 0.29) is 26.0 Å². The molecule has 0 radical (unpaired) electrons. The van der Waals surface area contributed by atoms with Crippen LogP contribution in [-0.4, -0.2) is 88.0 Å². The fourth-order valence-electron chi connectivity index (χ4n) is 7.81. The summed E-state index contributed by atoms with van der Waals surface area (Å²) in [4.78, 5) is 14.5. The van der Waals surface area contributed by atoms with Crippen LogP contribution >= 0.6 is 11.3 Å². The summed E-state index contributed by atoms with van der Waals surface area (Å²) in [5.41, 5.74) is 2.33. The van der Waals surface area contributed by atoms with Crippen molar-refractivity contribution >= 4 is 17.3 Å². The van der Waals surface area contributed by atoms with E-state index in [0.29, 0.717) is 28.7 Å². The Kier molecular flexibility index (Phi) is 7.50. The Morgan fingerprint density at radius 2 is 1.54 bits per heavy atom. The molecule has 1 aromatic heterocycles. The molecule has 0 saturated carbocycles. The lowest BCUT2D eigenvalue weighted by atomic mass is 9.60. The highest BCUT2D eigenvalue weighted by Crippen LogP contribution is 2.58. The van der Waals surface area contributed by atoms with Gasteiger partial charge >= 0.3 is 5.97 Å². The highest BCUT2D eigenvalue weighted by molar-refractivity contribution is 7.10. The van der Waals surface area contributed by atoms with Gasteiger partial charge in [-0.3, -0.25) is 4.79 Å².